The molecule has 6 nitrogen and oxygen atoms in total. The molecule has 0 aliphatic heterocycles. The van der Waals surface area contributed by atoms with Gasteiger partial charge in [0.1, 0.15) is 12.4 Å². The van der Waals surface area contributed by atoms with Gasteiger partial charge in [-0.25, -0.2) is 4.79 Å². The van der Waals surface area contributed by atoms with Gasteiger partial charge in [0.05, 0.1) is 6.10 Å². The number of nitrogens with one attached hydrogen (secondary N) is 1. The van der Waals surface area contributed by atoms with Crippen molar-refractivity contribution in [3.05, 3.63) is 71.8 Å². The summed E-state index contributed by atoms with van der Waals surface area (Å²) in [5.41, 5.74) is 1.51. The molecule has 0 aliphatic carbocycles. The molecule has 1 N–H and O–H groups in total. The highest BCUT2D eigenvalue weighted by molar-refractivity contribution is 7.85. The van der Waals surface area contributed by atoms with Crippen LogP contribution in [0.25, 0.3) is 0 Å². The Kier molecular flexibility index (Phi) is 6.97. The Bertz CT molecular complexity index is 763. The number of benzene rings is 2. The summed E-state index contributed by atoms with van der Waals surface area (Å²) in [6.45, 7) is 1.75. The van der Waals surface area contributed by atoms with E-state index >= 15 is 0 Å². The number of carbonyl (C=O) groups is 1. The van der Waals surface area contributed by atoms with Gasteiger partial charge in [-0.15, -0.1) is 0 Å². The topological polar surface area (TPSA) is 81.7 Å². The van der Waals surface area contributed by atoms with Crippen LogP contribution < -0.4 is 5.32 Å². The lowest BCUT2D eigenvalue weighted by molar-refractivity contribution is 0.133. The van der Waals surface area contributed by atoms with E-state index in [1.807, 2.05) is 36.4 Å². The Morgan fingerprint density at radius 2 is 1.56 bits per heavy atom. The smallest absolute Gasteiger partial charge is 0.407 e. The first-order valence-electron chi connectivity index (χ1n) is 7.84. The summed E-state index contributed by atoms with van der Waals surface area (Å²) < 4.78 is 34.1. The number of rotatable bonds is 8. The molecule has 7 heteroatoms. The lowest BCUT2D eigenvalue weighted by Gasteiger charge is -2.14. The number of hydrogen-bond donors (Lipinski definition) is 1. The molecule has 0 heterocycles. The van der Waals surface area contributed by atoms with Crippen LogP contribution >= 0.6 is 0 Å². The van der Waals surface area contributed by atoms with Crippen molar-refractivity contribution in [2.45, 2.75) is 25.4 Å². The highest BCUT2D eigenvalue weighted by Gasteiger charge is 2.17. The number of alkyl carbamates (subject to hydrolysis) is 1. The Hall–Kier alpha value is -2.38. The summed E-state index contributed by atoms with van der Waals surface area (Å²) in [7, 11) is -3.73. The van der Waals surface area contributed by atoms with Gasteiger partial charge in [0.15, 0.2) is 0 Å². The lowest BCUT2D eigenvalue weighted by Crippen LogP contribution is -2.33. The van der Waals surface area contributed by atoms with Crippen molar-refractivity contribution in [2.24, 2.45) is 0 Å². The Balaban J connectivity index is 1.72. The molecule has 0 aliphatic rings. The molecule has 0 saturated heterocycles. The van der Waals surface area contributed by atoms with Crippen molar-refractivity contribution in [2.75, 3.05) is 6.54 Å². The van der Waals surface area contributed by atoms with Crippen LogP contribution in [-0.4, -0.2) is 27.2 Å². The minimum Gasteiger partial charge on any atom is -0.445 e. The highest BCUT2D eigenvalue weighted by atomic mass is 32.2. The van der Waals surface area contributed by atoms with E-state index in [0.29, 0.717) is 5.56 Å². The van der Waals surface area contributed by atoms with Crippen molar-refractivity contribution in [3.8, 4) is 0 Å². The third-order valence-electron chi connectivity index (χ3n) is 3.24. The van der Waals surface area contributed by atoms with E-state index in [4.69, 9.17) is 8.92 Å². The summed E-state index contributed by atoms with van der Waals surface area (Å²) in [6, 6.07) is 18.0. The van der Waals surface area contributed by atoms with Crippen LogP contribution in [0.5, 0.6) is 0 Å². The first kappa shape index (κ1) is 19.0. The van der Waals surface area contributed by atoms with Gasteiger partial charge in [-0.2, -0.15) is 8.42 Å². The fraction of sp³-hybridized carbons (Fsp3) is 0.278. The standard InChI is InChI=1S/C18H21NO5S/c1-15(24-25(21,22)14-17-10-6-3-7-11-17)12-19-18(20)23-13-16-8-4-2-5-9-16/h2-11,15H,12-14H2,1H3,(H,19,20)/t15-/m0/s1. The van der Waals surface area contributed by atoms with Crippen LogP contribution in [0.15, 0.2) is 60.7 Å². The summed E-state index contributed by atoms with van der Waals surface area (Å²) in [5, 5.41) is 2.49. The first-order valence-corrected chi connectivity index (χ1v) is 9.42. The van der Waals surface area contributed by atoms with Crippen LogP contribution in [-0.2, 0) is 31.4 Å². The summed E-state index contributed by atoms with van der Waals surface area (Å²) >= 11 is 0. The third kappa shape index (κ3) is 7.36. The van der Waals surface area contributed by atoms with E-state index in [0.717, 1.165) is 5.56 Å². The second kappa shape index (κ2) is 9.19. The highest BCUT2D eigenvalue weighted by Crippen LogP contribution is 2.09. The molecule has 2 aromatic rings. The maximum Gasteiger partial charge on any atom is 0.407 e. The second-order valence-electron chi connectivity index (χ2n) is 5.54. The molecule has 0 spiro atoms. The molecular weight excluding hydrogens is 342 g/mol. The van der Waals surface area contributed by atoms with Crippen LogP contribution in [0.1, 0.15) is 18.1 Å². The Labute approximate surface area is 147 Å². The normalized spacial score (nSPS) is 12.4. The van der Waals surface area contributed by atoms with Crippen molar-refractivity contribution in [1.29, 1.82) is 0 Å². The largest absolute Gasteiger partial charge is 0.445 e. The zero-order chi connectivity index (χ0) is 18.1. The van der Waals surface area contributed by atoms with Crippen LogP contribution in [0.4, 0.5) is 4.79 Å². The predicted molar refractivity (Wildman–Crippen MR) is 94.2 cm³/mol. The van der Waals surface area contributed by atoms with E-state index in [2.05, 4.69) is 5.32 Å². The van der Waals surface area contributed by atoms with E-state index in [1.54, 1.807) is 31.2 Å². The molecule has 1 amide bonds. The van der Waals surface area contributed by atoms with E-state index in [9.17, 15) is 13.2 Å². The van der Waals surface area contributed by atoms with Crippen molar-refractivity contribution < 1.29 is 22.1 Å². The molecule has 0 fully saturated rings. The quantitative estimate of drug-likeness (QED) is 0.729. The second-order valence-corrected chi connectivity index (χ2v) is 7.13. The average Bonchev–Trinajstić information content (AvgIpc) is 2.59. The SMILES string of the molecule is C[C@@H](CNC(=O)OCc1ccccc1)OS(=O)(=O)Cc1ccccc1. The van der Waals surface area contributed by atoms with E-state index in [-0.39, 0.29) is 18.9 Å². The fourth-order valence-electron chi connectivity index (χ4n) is 2.10. The molecule has 0 bridgehead atoms. The number of carbonyl (C=O) groups excluding carboxylic acids is 1. The van der Waals surface area contributed by atoms with Gasteiger partial charge >= 0.3 is 6.09 Å². The van der Waals surface area contributed by atoms with Gasteiger partial charge in [-0.3, -0.25) is 4.18 Å². The van der Waals surface area contributed by atoms with Gasteiger partial charge < -0.3 is 10.1 Å². The van der Waals surface area contributed by atoms with Crippen molar-refractivity contribution in [1.82, 2.24) is 5.32 Å². The molecule has 0 radical (unpaired) electrons. The molecule has 2 rings (SSSR count). The van der Waals surface area contributed by atoms with Crippen LogP contribution in [0.3, 0.4) is 0 Å². The molecular formula is C18H21NO5S. The molecule has 0 aromatic heterocycles. The monoisotopic (exact) mass is 363 g/mol. The number of hydrogen-bond acceptors (Lipinski definition) is 5. The van der Waals surface area contributed by atoms with Gasteiger partial charge in [0.2, 0.25) is 0 Å². The maximum absolute atomic E-state index is 12.0. The zero-order valence-electron chi connectivity index (χ0n) is 13.9. The first-order chi connectivity index (χ1) is 11.9. The number of ether oxygens (including phenoxy) is 1. The van der Waals surface area contributed by atoms with Crippen molar-refractivity contribution >= 4 is 16.2 Å². The van der Waals surface area contributed by atoms with Crippen molar-refractivity contribution in [3.63, 3.8) is 0 Å². The van der Waals surface area contributed by atoms with Gasteiger partial charge in [-0.05, 0) is 18.1 Å². The van der Waals surface area contributed by atoms with Gasteiger partial charge in [0, 0.05) is 6.54 Å². The minimum atomic E-state index is -3.73. The maximum atomic E-state index is 12.0. The summed E-state index contributed by atoms with van der Waals surface area (Å²) in [4.78, 5) is 11.6. The van der Waals surface area contributed by atoms with Crippen LogP contribution in [0, 0.1) is 0 Å². The minimum absolute atomic E-state index is 0.0294. The van der Waals surface area contributed by atoms with E-state index < -0.39 is 22.3 Å². The van der Waals surface area contributed by atoms with Gasteiger partial charge in [0.25, 0.3) is 10.1 Å². The predicted octanol–water partition coefficient (Wildman–Crippen LogP) is 2.85. The van der Waals surface area contributed by atoms with Crippen LogP contribution in [0.2, 0.25) is 0 Å². The molecule has 0 saturated carbocycles. The lowest BCUT2D eigenvalue weighted by atomic mass is 10.2. The molecule has 0 unspecified atom stereocenters. The number of amides is 1. The molecule has 2 aromatic carbocycles. The molecule has 25 heavy (non-hydrogen) atoms. The molecule has 1 atom stereocenters. The van der Waals surface area contributed by atoms with Gasteiger partial charge in [-0.1, -0.05) is 60.7 Å². The molecule has 134 valence electrons. The average molecular weight is 363 g/mol. The summed E-state index contributed by atoms with van der Waals surface area (Å²) in [6.07, 6.45) is -1.32. The zero-order valence-corrected chi connectivity index (χ0v) is 14.7. The fourth-order valence-corrected chi connectivity index (χ4v) is 3.34. The Morgan fingerprint density at radius 1 is 1.00 bits per heavy atom. The summed E-state index contributed by atoms with van der Waals surface area (Å²) in [5.74, 6) is -0.212. The third-order valence-corrected chi connectivity index (χ3v) is 4.55. The Morgan fingerprint density at radius 3 is 2.16 bits per heavy atom. The van der Waals surface area contributed by atoms with E-state index in [1.165, 1.54) is 0 Å².